The molecule has 1 amide bonds. The van der Waals surface area contributed by atoms with Crippen LogP contribution in [0.15, 0.2) is 42.6 Å². The van der Waals surface area contributed by atoms with Crippen LogP contribution in [0, 0.1) is 5.92 Å². The molecular formula is C16H16N2O. The zero-order chi connectivity index (χ0) is 13.2. The summed E-state index contributed by atoms with van der Waals surface area (Å²) in [5, 5.41) is 2.71. The summed E-state index contributed by atoms with van der Waals surface area (Å²) in [7, 11) is 0. The van der Waals surface area contributed by atoms with Gasteiger partial charge in [0, 0.05) is 17.4 Å². The van der Waals surface area contributed by atoms with E-state index in [0.29, 0.717) is 12.3 Å². The van der Waals surface area contributed by atoms with Crippen molar-refractivity contribution >= 4 is 12.1 Å². The third-order valence-corrected chi connectivity index (χ3v) is 3.73. The molecule has 96 valence electrons. The topological polar surface area (TPSA) is 42.0 Å². The van der Waals surface area contributed by atoms with Gasteiger partial charge in [0.2, 0.25) is 6.41 Å². The number of pyridine rings is 1. The van der Waals surface area contributed by atoms with E-state index in [2.05, 4.69) is 23.3 Å². The minimum Gasteiger partial charge on any atom is -0.329 e. The maximum Gasteiger partial charge on any atom is 0.211 e. The molecule has 1 aliphatic rings. The largest absolute Gasteiger partial charge is 0.329 e. The fourth-order valence-corrected chi connectivity index (χ4v) is 2.54. The Morgan fingerprint density at radius 3 is 2.79 bits per heavy atom. The molecule has 2 atom stereocenters. The Kier molecular flexibility index (Phi) is 3.03. The summed E-state index contributed by atoms with van der Waals surface area (Å²) in [6, 6.07) is 12.0. The van der Waals surface area contributed by atoms with Crippen LogP contribution in [0.3, 0.4) is 0 Å². The first-order valence-electron chi connectivity index (χ1n) is 6.55. The summed E-state index contributed by atoms with van der Waals surface area (Å²) in [6.45, 7) is 2.27. The Morgan fingerprint density at radius 1 is 1.32 bits per heavy atom. The molecule has 3 rings (SSSR count). The third kappa shape index (κ3) is 2.36. The Hall–Kier alpha value is -2.16. The van der Waals surface area contributed by atoms with Gasteiger partial charge in [-0.15, -0.1) is 0 Å². The standard InChI is InChI=1S/C16H16N2O/c1-11-8-14(11)13-6-5-12(18-10-19)9-15(13)16-4-2-3-7-17-16/h2-7,9-11,14H,8H2,1H3,(H,18,19)/t11?,14-/m1/s1. The number of anilines is 1. The van der Waals surface area contributed by atoms with E-state index < -0.39 is 0 Å². The molecule has 1 aromatic heterocycles. The van der Waals surface area contributed by atoms with E-state index in [1.54, 1.807) is 6.20 Å². The lowest BCUT2D eigenvalue weighted by Gasteiger charge is -2.11. The molecule has 1 unspecified atom stereocenters. The van der Waals surface area contributed by atoms with E-state index >= 15 is 0 Å². The van der Waals surface area contributed by atoms with Crippen molar-refractivity contribution in [2.24, 2.45) is 5.92 Å². The van der Waals surface area contributed by atoms with Crippen LogP contribution in [0.2, 0.25) is 0 Å². The molecule has 1 aromatic carbocycles. The molecule has 0 saturated heterocycles. The molecule has 3 nitrogen and oxygen atoms in total. The van der Waals surface area contributed by atoms with Gasteiger partial charge in [-0.25, -0.2) is 0 Å². The second kappa shape index (κ2) is 4.84. The van der Waals surface area contributed by atoms with Crippen molar-refractivity contribution in [1.29, 1.82) is 0 Å². The van der Waals surface area contributed by atoms with Crippen molar-refractivity contribution in [2.45, 2.75) is 19.3 Å². The van der Waals surface area contributed by atoms with Crippen LogP contribution in [-0.2, 0) is 4.79 Å². The summed E-state index contributed by atoms with van der Waals surface area (Å²) in [5.41, 5.74) is 4.24. The Morgan fingerprint density at radius 2 is 2.16 bits per heavy atom. The highest BCUT2D eigenvalue weighted by atomic mass is 16.1. The fourth-order valence-electron chi connectivity index (χ4n) is 2.54. The van der Waals surface area contributed by atoms with Gasteiger partial charge in [0.15, 0.2) is 0 Å². The number of rotatable bonds is 4. The van der Waals surface area contributed by atoms with Crippen LogP contribution >= 0.6 is 0 Å². The van der Waals surface area contributed by atoms with Crippen molar-refractivity contribution < 1.29 is 4.79 Å². The highest BCUT2D eigenvalue weighted by molar-refractivity contribution is 5.77. The van der Waals surface area contributed by atoms with E-state index in [4.69, 9.17) is 0 Å². The number of nitrogens with one attached hydrogen (secondary N) is 1. The summed E-state index contributed by atoms with van der Waals surface area (Å²) in [5.74, 6) is 1.37. The Balaban J connectivity index is 2.07. The number of aromatic nitrogens is 1. The maximum atomic E-state index is 10.6. The lowest BCUT2D eigenvalue weighted by Crippen LogP contribution is -1.97. The molecule has 0 bridgehead atoms. The zero-order valence-electron chi connectivity index (χ0n) is 10.8. The average Bonchev–Trinajstić information content (AvgIpc) is 3.17. The van der Waals surface area contributed by atoms with Gasteiger partial charge in [-0.1, -0.05) is 19.1 Å². The number of benzene rings is 1. The van der Waals surface area contributed by atoms with Crippen LogP contribution in [0.1, 0.15) is 24.8 Å². The maximum absolute atomic E-state index is 10.6. The minimum atomic E-state index is 0.627. The number of carbonyl (C=O) groups excluding carboxylic acids is 1. The van der Waals surface area contributed by atoms with Gasteiger partial charge in [0.05, 0.1) is 5.69 Å². The normalized spacial score (nSPS) is 20.9. The van der Waals surface area contributed by atoms with Crippen molar-refractivity contribution in [1.82, 2.24) is 4.98 Å². The molecule has 1 heterocycles. The van der Waals surface area contributed by atoms with Crippen LogP contribution in [0.5, 0.6) is 0 Å². The van der Waals surface area contributed by atoms with E-state index in [1.807, 2.05) is 30.3 Å². The highest BCUT2D eigenvalue weighted by Gasteiger charge is 2.35. The van der Waals surface area contributed by atoms with E-state index in [1.165, 1.54) is 12.0 Å². The molecule has 2 aromatic rings. The van der Waals surface area contributed by atoms with E-state index in [-0.39, 0.29) is 0 Å². The number of hydrogen-bond donors (Lipinski definition) is 1. The van der Waals surface area contributed by atoms with Crippen molar-refractivity contribution in [3.05, 3.63) is 48.2 Å². The summed E-state index contributed by atoms with van der Waals surface area (Å²) < 4.78 is 0. The van der Waals surface area contributed by atoms with E-state index in [0.717, 1.165) is 22.9 Å². The second-order valence-corrected chi connectivity index (χ2v) is 5.10. The predicted octanol–water partition coefficient (Wildman–Crippen LogP) is 3.44. The van der Waals surface area contributed by atoms with Gasteiger partial charge in [-0.3, -0.25) is 9.78 Å². The third-order valence-electron chi connectivity index (χ3n) is 3.73. The van der Waals surface area contributed by atoms with Crippen LogP contribution in [0.4, 0.5) is 5.69 Å². The zero-order valence-corrected chi connectivity index (χ0v) is 10.8. The van der Waals surface area contributed by atoms with Gasteiger partial charge in [-0.05, 0) is 48.1 Å². The fraction of sp³-hybridized carbons (Fsp3) is 0.250. The first-order valence-corrected chi connectivity index (χ1v) is 6.55. The average molecular weight is 252 g/mol. The molecule has 0 aliphatic heterocycles. The van der Waals surface area contributed by atoms with Crippen molar-refractivity contribution in [2.75, 3.05) is 5.32 Å². The Labute approximate surface area is 112 Å². The SMILES string of the molecule is CC1C[C@H]1c1ccc(NC=O)cc1-c1ccccn1. The van der Waals surface area contributed by atoms with Crippen LogP contribution < -0.4 is 5.32 Å². The molecule has 0 spiro atoms. The molecule has 19 heavy (non-hydrogen) atoms. The molecule has 0 radical (unpaired) electrons. The summed E-state index contributed by atoms with van der Waals surface area (Å²) in [4.78, 5) is 15.0. The van der Waals surface area contributed by atoms with Gasteiger partial charge in [-0.2, -0.15) is 0 Å². The highest BCUT2D eigenvalue weighted by Crippen LogP contribution is 2.50. The smallest absolute Gasteiger partial charge is 0.211 e. The first kappa shape index (κ1) is 11.9. The summed E-state index contributed by atoms with van der Waals surface area (Å²) >= 11 is 0. The summed E-state index contributed by atoms with van der Waals surface area (Å²) in [6.07, 6.45) is 3.74. The van der Waals surface area contributed by atoms with Gasteiger partial charge in [0.25, 0.3) is 0 Å². The predicted molar refractivity (Wildman–Crippen MR) is 75.9 cm³/mol. The van der Waals surface area contributed by atoms with Crippen molar-refractivity contribution in [3.63, 3.8) is 0 Å². The van der Waals surface area contributed by atoms with Crippen LogP contribution in [-0.4, -0.2) is 11.4 Å². The molecule has 1 aliphatic carbocycles. The first-order chi connectivity index (χ1) is 9.29. The number of nitrogens with zero attached hydrogens (tertiary/aromatic N) is 1. The number of hydrogen-bond acceptors (Lipinski definition) is 2. The molecular weight excluding hydrogens is 236 g/mol. The number of amides is 1. The van der Waals surface area contributed by atoms with E-state index in [9.17, 15) is 4.79 Å². The second-order valence-electron chi connectivity index (χ2n) is 5.10. The monoisotopic (exact) mass is 252 g/mol. The lowest BCUT2D eigenvalue weighted by molar-refractivity contribution is -0.105. The number of carbonyl (C=O) groups is 1. The minimum absolute atomic E-state index is 0.627. The molecule has 1 saturated carbocycles. The quantitative estimate of drug-likeness (QED) is 0.847. The molecule has 1 fully saturated rings. The van der Waals surface area contributed by atoms with Gasteiger partial charge in [0.1, 0.15) is 0 Å². The van der Waals surface area contributed by atoms with Gasteiger partial charge < -0.3 is 5.32 Å². The van der Waals surface area contributed by atoms with Crippen molar-refractivity contribution in [3.8, 4) is 11.3 Å². The molecule has 3 heteroatoms. The van der Waals surface area contributed by atoms with Crippen LogP contribution in [0.25, 0.3) is 11.3 Å². The van der Waals surface area contributed by atoms with Gasteiger partial charge >= 0.3 is 0 Å². The Bertz CT molecular complexity index is 595. The molecule has 1 N–H and O–H groups in total. The lowest BCUT2D eigenvalue weighted by atomic mass is 9.98.